The second kappa shape index (κ2) is 8.51. The molecule has 2 aromatic rings. The highest BCUT2D eigenvalue weighted by atomic mass is 19.4. The first-order chi connectivity index (χ1) is 12.3. The molecule has 0 heterocycles. The van der Waals surface area contributed by atoms with E-state index in [0.717, 1.165) is 0 Å². The van der Waals surface area contributed by atoms with E-state index in [9.17, 15) is 27.9 Å². The van der Waals surface area contributed by atoms with Crippen molar-refractivity contribution in [2.45, 2.75) is 31.0 Å². The van der Waals surface area contributed by atoms with Gasteiger partial charge in [-0.2, -0.15) is 13.2 Å². The molecule has 2 N–H and O–H groups in total. The number of carboxylic acids is 1. The van der Waals surface area contributed by atoms with Crippen LogP contribution < -0.4 is 5.32 Å². The molecule has 0 saturated carbocycles. The Hall–Kier alpha value is -2.83. The molecule has 2 aromatic carbocycles. The zero-order valence-electron chi connectivity index (χ0n) is 13.7. The number of halogens is 3. The lowest BCUT2D eigenvalue weighted by molar-refractivity contribution is -0.158. The van der Waals surface area contributed by atoms with Gasteiger partial charge in [0, 0.05) is 12.8 Å². The van der Waals surface area contributed by atoms with Gasteiger partial charge in [0.1, 0.15) is 6.04 Å². The number of carbonyl (C=O) groups is 2. The summed E-state index contributed by atoms with van der Waals surface area (Å²) in [5, 5.41) is 11.5. The summed E-state index contributed by atoms with van der Waals surface area (Å²) in [6, 6.07) is 14.3. The van der Waals surface area contributed by atoms with Gasteiger partial charge >= 0.3 is 12.1 Å². The Morgan fingerprint density at radius 3 is 2.00 bits per heavy atom. The highest BCUT2D eigenvalue weighted by Gasteiger charge is 2.42. The highest BCUT2D eigenvalue weighted by Crippen LogP contribution is 2.37. The molecule has 0 aromatic heterocycles. The number of carbonyl (C=O) groups excluding carboxylic acids is 1. The summed E-state index contributed by atoms with van der Waals surface area (Å²) in [5.41, 5.74) is 0.626. The Labute approximate surface area is 148 Å². The fourth-order valence-electron chi connectivity index (χ4n) is 2.60. The number of carboxylic acid groups (broad SMARTS) is 1. The van der Waals surface area contributed by atoms with Crippen molar-refractivity contribution in [2.24, 2.45) is 0 Å². The van der Waals surface area contributed by atoms with E-state index in [4.69, 9.17) is 0 Å². The third-order valence-electron chi connectivity index (χ3n) is 3.90. The van der Waals surface area contributed by atoms with Gasteiger partial charge in [-0.1, -0.05) is 60.7 Å². The first-order valence-corrected chi connectivity index (χ1v) is 7.95. The van der Waals surface area contributed by atoms with E-state index in [-0.39, 0.29) is 12.0 Å². The van der Waals surface area contributed by atoms with Crippen LogP contribution in [-0.2, 0) is 16.0 Å². The van der Waals surface area contributed by atoms with Gasteiger partial charge < -0.3 is 10.4 Å². The maximum absolute atomic E-state index is 13.3. The van der Waals surface area contributed by atoms with Crippen molar-refractivity contribution in [2.75, 3.05) is 0 Å². The number of aliphatic carboxylic acids is 1. The molecular weight excluding hydrogens is 347 g/mol. The number of benzene rings is 2. The molecule has 0 radical (unpaired) electrons. The van der Waals surface area contributed by atoms with Gasteiger partial charge in [-0.25, -0.2) is 4.79 Å². The number of hydrogen-bond acceptors (Lipinski definition) is 2. The number of nitrogens with one attached hydrogen (secondary N) is 1. The van der Waals surface area contributed by atoms with Gasteiger partial charge in [0.2, 0.25) is 5.91 Å². The Kier molecular flexibility index (Phi) is 6.38. The van der Waals surface area contributed by atoms with Gasteiger partial charge in [-0.15, -0.1) is 0 Å². The molecule has 4 nitrogen and oxygen atoms in total. The Bertz CT molecular complexity index is 733. The third-order valence-corrected chi connectivity index (χ3v) is 3.90. The van der Waals surface area contributed by atoms with Gasteiger partial charge in [-0.05, 0) is 11.1 Å². The predicted octanol–water partition coefficient (Wildman–Crippen LogP) is 3.53. The van der Waals surface area contributed by atoms with Crippen LogP contribution in [0, 0.1) is 0 Å². The first kappa shape index (κ1) is 19.5. The average molecular weight is 365 g/mol. The lowest BCUT2D eigenvalue weighted by Gasteiger charge is -2.22. The van der Waals surface area contributed by atoms with E-state index in [2.05, 4.69) is 5.32 Å². The van der Waals surface area contributed by atoms with E-state index >= 15 is 0 Å². The topological polar surface area (TPSA) is 66.4 Å². The van der Waals surface area contributed by atoms with Crippen LogP contribution in [0.2, 0.25) is 0 Å². The SMILES string of the molecule is O=C(CC(c1ccccc1)C(F)(F)F)N[C@@H](Cc1ccccc1)C(=O)O. The molecule has 0 spiro atoms. The van der Waals surface area contributed by atoms with E-state index < -0.39 is 36.4 Å². The van der Waals surface area contributed by atoms with Crippen LogP contribution in [0.25, 0.3) is 0 Å². The summed E-state index contributed by atoms with van der Waals surface area (Å²) >= 11 is 0. The summed E-state index contributed by atoms with van der Waals surface area (Å²) in [4.78, 5) is 23.5. The minimum Gasteiger partial charge on any atom is -0.480 e. The van der Waals surface area contributed by atoms with Crippen LogP contribution in [0.5, 0.6) is 0 Å². The molecule has 0 aliphatic rings. The minimum absolute atomic E-state index is 0.00999. The van der Waals surface area contributed by atoms with Crippen molar-refractivity contribution < 1.29 is 27.9 Å². The zero-order valence-corrected chi connectivity index (χ0v) is 13.7. The van der Waals surface area contributed by atoms with Crippen LogP contribution in [-0.4, -0.2) is 29.2 Å². The largest absolute Gasteiger partial charge is 0.480 e. The van der Waals surface area contributed by atoms with Gasteiger partial charge in [0.15, 0.2) is 0 Å². The monoisotopic (exact) mass is 365 g/mol. The number of hydrogen-bond donors (Lipinski definition) is 2. The van der Waals surface area contributed by atoms with Gasteiger partial charge in [0.05, 0.1) is 5.92 Å². The van der Waals surface area contributed by atoms with Crippen molar-refractivity contribution in [1.29, 1.82) is 0 Å². The smallest absolute Gasteiger partial charge is 0.396 e. The maximum atomic E-state index is 13.3. The molecule has 0 aliphatic heterocycles. The summed E-state index contributed by atoms with van der Waals surface area (Å²) < 4.78 is 39.9. The average Bonchev–Trinajstić information content (AvgIpc) is 2.59. The first-order valence-electron chi connectivity index (χ1n) is 7.95. The summed E-state index contributed by atoms with van der Waals surface area (Å²) in [7, 11) is 0. The highest BCUT2D eigenvalue weighted by molar-refractivity contribution is 5.84. The predicted molar refractivity (Wildman–Crippen MR) is 89.6 cm³/mol. The second-order valence-corrected chi connectivity index (χ2v) is 5.86. The molecule has 0 aliphatic carbocycles. The molecule has 26 heavy (non-hydrogen) atoms. The normalized spacial score (nSPS) is 13.7. The van der Waals surface area contributed by atoms with Crippen molar-refractivity contribution in [3.63, 3.8) is 0 Å². The van der Waals surface area contributed by atoms with Crippen LogP contribution in [0.4, 0.5) is 13.2 Å². The lowest BCUT2D eigenvalue weighted by Crippen LogP contribution is -2.43. The molecule has 0 fully saturated rings. The van der Waals surface area contributed by atoms with Gasteiger partial charge in [0.25, 0.3) is 0 Å². The van der Waals surface area contributed by atoms with Crippen molar-refractivity contribution in [3.8, 4) is 0 Å². The van der Waals surface area contributed by atoms with Crippen molar-refractivity contribution in [1.82, 2.24) is 5.32 Å². The van der Waals surface area contributed by atoms with E-state index in [1.54, 1.807) is 36.4 Å². The molecule has 7 heteroatoms. The van der Waals surface area contributed by atoms with E-state index in [1.807, 2.05) is 0 Å². The van der Waals surface area contributed by atoms with Crippen LogP contribution in [0.15, 0.2) is 60.7 Å². The summed E-state index contributed by atoms with van der Waals surface area (Å²) in [6.07, 6.45) is -5.49. The summed E-state index contributed by atoms with van der Waals surface area (Å²) in [5.74, 6) is -4.25. The number of alkyl halides is 3. The zero-order chi connectivity index (χ0) is 19.2. The molecular formula is C19H18F3NO3. The molecule has 0 bridgehead atoms. The third kappa shape index (κ3) is 5.61. The quantitative estimate of drug-likeness (QED) is 0.789. The van der Waals surface area contributed by atoms with Crippen LogP contribution >= 0.6 is 0 Å². The standard InChI is InChI=1S/C19H18F3NO3/c20-19(21,22)15(14-9-5-2-6-10-14)12-17(24)23-16(18(25)26)11-13-7-3-1-4-8-13/h1-10,15-16H,11-12H2,(H,23,24)(H,25,26)/t15?,16-/m0/s1. The molecule has 138 valence electrons. The molecule has 0 saturated heterocycles. The Morgan fingerprint density at radius 2 is 1.50 bits per heavy atom. The Morgan fingerprint density at radius 1 is 0.962 bits per heavy atom. The molecule has 1 amide bonds. The molecule has 1 unspecified atom stereocenters. The second-order valence-electron chi connectivity index (χ2n) is 5.86. The maximum Gasteiger partial charge on any atom is 0.396 e. The van der Waals surface area contributed by atoms with E-state index in [0.29, 0.717) is 5.56 Å². The Balaban J connectivity index is 2.09. The number of rotatable bonds is 7. The molecule has 2 atom stereocenters. The van der Waals surface area contributed by atoms with E-state index in [1.165, 1.54) is 24.3 Å². The van der Waals surface area contributed by atoms with Gasteiger partial charge in [-0.3, -0.25) is 4.79 Å². The lowest BCUT2D eigenvalue weighted by atomic mass is 9.94. The fourth-order valence-corrected chi connectivity index (χ4v) is 2.60. The van der Waals surface area contributed by atoms with Crippen LogP contribution in [0.3, 0.4) is 0 Å². The number of amides is 1. The van der Waals surface area contributed by atoms with Crippen molar-refractivity contribution in [3.05, 3.63) is 71.8 Å². The minimum atomic E-state index is -4.61. The molecule has 2 rings (SSSR count). The van der Waals surface area contributed by atoms with Crippen LogP contribution in [0.1, 0.15) is 23.5 Å². The van der Waals surface area contributed by atoms with Crippen molar-refractivity contribution >= 4 is 11.9 Å². The fraction of sp³-hybridized carbons (Fsp3) is 0.263. The summed E-state index contributed by atoms with van der Waals surface area (Å²) in [6.45, 7) is 0.